The van der Waals surface area contributed by atoms with Crippen molar-refractivity contribution in [3.63, 3.8) is 0 Å². The molecule has 0 radical (unpaired) electrons. The molecular weight excluding hydrogens is 242 g/mol. The molecule has 1 heterocycles. The molecule has 0 spiro atoms. The van der Waals surface area contributed by atoms with Crippen LogP contribution in [-0.2, 0) is 4.79 Å². The number of para-hydroxylation sites is 2. The van der Waals surface area contributed by atoms with E-state index < -0.39 is 0 Å². The zero-order chi connectivity index (χ0) is 13.7. The summed E-state index contributed by atoms with van der Waals surface area (Å²) in [7, 11) is 0. The SMILES string of the molecule is CC(CC#N)NC(=O)C=Cc1nc2ccccc2o1. The first-order chi connectivity index (χ1) is 9.19. The molecule has 1 unspecified atom stereocenters. The van der Waals surface area contributed by atoms with Crippen LogP contribution < -0.4 is 5.32 Å². The third-order valence-electron chi connectivity index (χ3n) is 2.47. The van der Waals surface area contributed by atoms with Crippen LogP contribution in [0.4, 0.5) is 0 Å². The molecule has 0 saturated heterocycles. The summed E-state index contributed by atoms with van der Waals surface area (Å²) in [4.78, 5) is 15.8. The predicted octanol–water partition coefficient (Wildman–Crippen LogP) is 2.26. The molecule has 0 aliphatic heterocycles. The highest BCUT2D eigenvalue weighted by Crippen LogP contribution is 2.15. The van der Waals surface area contributed by atoms with Gasteiger partial charge in [0.2, 0.25) is 11.8 Å². The number of hydrogen-bond donors (Lipinski definition) is 1. The van der Waals surface area contributed by atoms with Crippen LogP contribution in [0, 0.1) is 11.3 Å². The largest absolute Gasteiger partial charge is 0.437 e. The van der Waals surface area contributed by atoms with Gasteiger partial charge >= 0.3 is 0 Å². The lowest BCUT2D eigenvalue weighted by Gasteiger charge is -2.06. The Morgan fingerprint density at radius 2 is 2.37 bits per heavy atom. The van der Waals surface area contributed by atoms with Gasteiger partial charge in [0.25, 0.3) is 0 Å². The Kier molecular flexibility index (Phi) is 3.94. The number of hydrogen-bond acceptors (Lipinski definition) is 4. The summed E-state index contributed by atoms with van der Waals surface area (Å²) < 4.78 is 5.44. The molecular formula is C14H13N3O2. The van der Waals surface area contributed by atoms with Gasteiger partial charge < -0.3 is 9.73 Å². The molecule has 2 aromatic rings. The second-order valence-corrected chi connectivity index (χ2v) is 4.13. The van der Waals surface area contributed by atoms with E-state index in [4.69, 9.17) is 9.68 Å². The number of oxazole rings is 1. The van der Waals surface area contributed by atoms with Crippen molar-refractivity contribution in [2.75, 3.05) is 0 Å². The van der Waals surface area contributed by atoms with Gasteiger partial charge in [0.1, 0.15) is 5.52 Å². The average Bonchev–Trinajstić information content (AvgIpc) is 2.79. The van der Waals surface area contributed by atoms with Crippen LogP contribution in [0.2, 0.25) is 0 Å². The molecule has 0 saturated carbocycles. The van der Waals surface area contributed by atoms with Gasteiger partial charge in [-0.15, -0.1) is 0 Å². The van der Waals surface area contributed by atoms with Gasteiger partial charge in [0, 0.05) is 18.2 Å². The minimum absolute atomic E-state index is 0.175. The molecule has 5 nitrogen and oxygen atoms in total. The smallest absolute Gasteiger partial charge is 0.244 e. The van der Waals surface area contributed by atoms with Crippen molar-refractivity contribution in [2.45, 2.75) is 19.4 Å². The summed E-state index contributed by atoms with van der Waals surface area (Å²) in [5.74, 6) is 0.106. The summed E-state index contributed by atoms with van der Waals surface area (Å²) in [6.45, 7) is 1.77. The van der Waals surface area contributed by atoms with Crippen LogP contribution in [0.25, 0.3) is 17.2 Å². The zero-order valence-electron chi connectivity index (χ0n) is 10.5. The number of aromatic nitrogens is 1. The molecule has 2 rings (SSSR count). The minimum Gasteiger partial charge on any atom is -0.437 e. The van der Waals surface area contributed by atoms with Gasteiger partial charge in [-0.1, -0.05) is 12.1 Å². The fourth-order valence-electron chi connectivity index (χ4n) is 1.59. The summed E-state index contributed by atoms with van der Waals surface area (Å²) in [6.07, 6.45) is 3.13. The van der Waals surface area contributed by atoms with Crippen molar-refractivity contribution < 1.29 is 9.21 Å². The molecule has 0 aliphatic carbocycles. The van der Waals surface area contributed by atoms with Gasteiger partial charge in [-0.2, -0.15) is 5.26 Å². The van der Waals surface area contributed by atoms with Crippen molar-refractivity contribution in [3.8, 4) is 6.07 Å². The highest BCUT2D eigenvalue weighted by atomic mass is 16.3. The first-order valence-electron chi connectivity index (χ1n) is 5.90. The van der Waals surface area contributed by atoms with Crippen LogP contribution in [0.5, 0.6) is 0 Å². The van der Waals surface area contributed by atoms with Crippen LogP contribution in [0.3, 0.4) is 0 Å². The van der Waals surface area contributed by atoms with Crippen LogP contribution in [0.1, 0.15) is 19.2 Å². The van der Waals surface area contributed by atoms with Crippen molar-refractivity contribution in [1.29, 1.82) is 5.26 Å². The van der Waals surface area contributed by atoms with E-state index in [2.05, 4.69) is 10.3 Å². The lowest BCUT2D eigenvalue weighted by Crippen LogP contribution is -2.30. The maximum absolute atomic E-state index is 11.5. The molecule has 1 aromatic heterocycles. The third kappa shape index (κ3) is 3.42. The van der Waals surface area contributed by atoms with Crippen molar-refractivity contribution in [1.82, 2.24) is 10.3 Å². The number of fused-ring (bicyclic) bond motifs is 1. The van der Waals surface area contributed by atoms with Gasteiger partial charge in [0.05, 0.1) is 12.5 Å². The van der Waals surface area contributed by atoms with Gasteiger partial charge in [-0.25, -0.2) is 4.98 Å². The molecule has 19 heavy (non-hydrogen) atoms. The van der Waals surface area contributed by atoms with Gasteiger partial charge in [0.15, 0.2) is 5.58 Å². The number of benzene rings is 1. The summed E-state index contributed by atoms with van der Waals surface area (Å²) in [6, 6.07) is 9.20. The van der Waals surface area contributed by atoms with E-state index in [9.17, 15) is 4.79 Å². The molecule has 1 aromatic carbocycles. The summed E-state index contributed by atoms with van der Waals surface area (Å²) >= 11 is 0. The first-order valence-corrected chi connectivity index (χ1v) is 5.90. The number of carbonyl (C=O) groups is 1. The number of amides is 1. The second kappa shape index (κ2) is 5.83. The van der Waals surface area contributed by atoms with E-state index >= 15 is 0 Å². The fraction of sp³-hybridized carbons (Fsp3) is 0.214. The quantitative estimate of drug-likeness (QED) is 0.850. The Balaban J connectivity index is 2.02. The molecule has 96 valence electrons. The number of nitriles is 1. The van der Waals surface area contributed by atoms with Crippen LogP contribution >= 0.6 is 0 Å². The topological polar surface area (TPSA) is 78.9 Å². The van der Waals surface area contributed by atoms with E-state index in [1.807, 2.05) is 30.3 Å². The number of carbonyl (C=O) groups excluding carboxylic acids is 1. The van der Waals surface area contributed by atoms with Gasteiger partial charge in [-0.3, -0.25) is 4.79 Å². The molecule has 0 bridgehead atoms. The molecule has 5 heteroatoms. The minimum atomic E-state index is -0.273. The Morgan fingerprint density at radius 1 is 1.58 bits per heavy atom. The number of nitrogens with one attached hydrogen (secondary N) is 1. The Morgan fingerprint density at radius 3 is 3.11 bits per heavy atom. The second-order valence-electron chi connectivity index (χ2n) is 4.13. The lowest BCUT2D eigenvalue weighted by atomic mass is 10.2. The van der Waals surface area contributed by atoms with E-state index in [-0.39, 0.29) is 18.4 Å². The fourth-order valence-corrected chi connectivity index (χ4v) is 1.59. The monoisotopic (exact) mass is 255 g/mol. The van der Waals surface area contributed by atoms with Crippen molar-refractivity contribution in [2.24, 2.45) is 0 Å². The molecule has 1 N–H and O–H groups in total. The Hall–Kier alpha value is -2.61. The molecule has 0 aliphatic rings. The lowest BCUT2D eigenvalue weighted by molar-refractivity contribution is -0.116. The molecule has 0 fully saturated rings. The van der Waals surface area contributed by atoms with Crippen molar-refractivity contribution >= 4 is 23.1 Å². The predicted molar refractivity (Wildman–Crippen MR) is 70.9 cm³/mol. The average molecular weight is 255 g/mol. The first kappa shape index (κ1) is 12.8. The zero-order valence-corrected chi connectivity index (χ0v) is 10.5. The molecule has 1 atom stereocenters. The van der Waals surface area contributed by atoms with Crippen molar-refractivity contribution in [3.05, 3.63) is 36.2 Å². The van der Waals surface area contributed by atoms with E-state index in [0.29, 0.717) is 11.5 Å². The molecule has 1 amide bonds. The number of nitrogens with zero attached hydrogens (tertiary/aromatic N) is 2. The van der Waals surface area contributed by atoms with E-state index in [0.717, 1.165) is 5.52 Å². The summed E-state index contributed by atoms with van der Waals surface area (Å²) in [5, 5.41) is 11.2. The van der Waals surface area contributed by atoms with E-state index in [1.54, 1.807) is 6.92 Å². The van der Waals surface area contributed by atoms with Crippen LogP contribution in [-0.4, -0.2) is 16.9 Å². The Labute approximate surface area is 110 Å². The normalized spacial score (nSPS) is 12.4. The summed E-state index contributed by atoms with van der Waals surface area (Å²) in [5.41, 5.74) is 1.43. The maximum atomic E-state index is 11.5. The number of rotatable bonds is 4. The van der Waals surface area contributed by atoms with Gasteiger partial charge in [-0.05, 0) is 19.1 Å². The standard InChI is InChI=1S/C14H13N3O2/c1-10(8-9-15)16-13(18)6-7-14-17-11-4-2-3-5-12(11)19-14/h2-7,10H,8H2,1H3,(H,16,18). The Bertz CT molecular complexity index is 619. The highest BCUT2D eigenvalue weighted by Gasteiger charge is 2.05. The maximum Gasteiger partial charge on any atom is 0.244 e. The van der Waals surface area contributed by atoms with Crippen LogP contribution in [0.15, 0.2) is 34.8 Å². The third-order valence-corrected chi connectivity index (χ3v) is 2.47. The van der Waals surface area contributed by atoms with E-state index in [1.165, 1.54) is 12.2 Å². The highest BCUT2D eigenvalue weighted by molar-refractivity contribution is 5.91.